The monoisotopic (exact) mass is 198 g/mol. The van der Waals surface area contributed by atoms with Crippen molar-refractivity contribution in [3.05, 3.63) is 53.1 Å². The first kappa shape index (κ1) is 8.41. The Morgan fingerprint density at radius 2 is 2.27 bits per heavy atom. The van der Waals surface area contributed by atoms with E-state index in [2.05, 4.69) is 22.1 Å². The van der Waals surface area contributed by atoms with Crippen molar-refractivity contribution in [1.82, 2.24) is 9.97 Å². The van der Waals surface area contributed by atoms with E-state index in [1.54, 1.807) is 6.20 Å². The van der Waals surface area contributed by atoms with E-state index in [0.717, 1.165) is 18.5 Å². The van der Waals surface area contributed by atoms with Crippen molar-refractivity contribution in [2.45, 2.75) is 12.3 Å². The van der Waals surface area contributed by atoms with Crippen LogP contribution >= 0.6 is 0 Å². The molecular weight excluding hydrogens is 188 g/mol. The smallest absolute Gasteiger partial charge is 0.167 e. The fourth-order valence-electron chi connectivity index (χ4n) is 2.09. The van der Waals surface area contributed by atoms with Crippen LogP contribution in [0.25, 0.3) is 0 Å². The van der Waals surface area contributed by atoms with E-state index < -0.39 is 0 Å². The average molecular weight is 198 g/mol. The number of carbonyl (C=O) groups excluding carboxylic acids is 1. The molecule has 1 heterocycles. The Kier molecular flexibility index (Phi) is 1.71. The molecule has 3 rings (SSSR count). The summed E-state index contributed by atoms with van der Waals surface area (Å²) in [5, 5.41) is 0. The van der Waals surface area contributed by atoms with Crippen LogP contribution < -0.4 is 0 Å². The molecule has 1 atom stereocenters. The van der Waals surface area contributed by atoms with Crippen LogP contribution in [0.2, 0.25) is 0 Å². The highest BCUT2D eigenvalue weighted by Gasteiger charge is 2.28. The normalized spacial score (nSPS) is 18.0. The number of hydrogen-bond acceptors (Lipinski definition) is 2. The zero-order valence-corrected chi connectivity index (χ0v) is 8.10. The highest BCUT2D eigenvalue weighted by Crippen LogP contribution is 2.38. The van der Waals surface area contributed by atoms with Crippen molar-refractivity contribution in [3.63, 3.8) is 0 Å². The van der Waals surface area contributed by atoms with Crippen molar-refractivity contribution >= 4 is 6.29 Å². The van der Waals surface area contributed by atoms with E-state index in [4.69, 9.17) is 0 Å². The molecule has 1 aromatic carbocycles. The lowest BCUT2D eigenvalue weighted by Gasteiger charge is -2.28. The number of carbonyl (C=O) groups is 1. The topological polar surface area (TPSA) is 45.8 Å². The summed E-state index contributed by atoms with van der Waals surface area (Å²) in [6.07, 6.45) is 3.40. The molecule has 0 radical (unpaired) electrons. The summed E-state index contributed by atoms with van der Waals surface area (Å²) in [6, 6.07) is 8.34. The summed E-state index contributed by atoms with van der Waals surface area (Å²) >= 11 is 0. The molecule has 0 aliphatic heterocycles. The largest absolute Gasteiger partial charge is 0.339 e. The number of aromatic nitrogens is 2. The van der Waals surface area contributed by atoms with Gasteiger partial charge in [0.25, 0.3) is 0 Å². The van der Waals surface area contributed by atoms with Gasteiger partial charge in [0.15, 0.2) is 6.29 Å². The zero-order chi connectivity index (χ0) is 10.3. The van der Waals surface area contributed by atoms with Crippen LogP contribution in [0.5, 0.6) is 0 Å². The van der Waals surface area contributed by atoms with Gasteiger partial charge in [-0.05, 0) is 17.5 Å². The number of hydrogen-bond donors (Lipinski definition) is 1. The van der Waals surface area contributed by atoms with Crippen LogP contribution in [0.15, 0.2) is 30.5 Å². The predicted molar refractivity (Wildman–Crippen MR) is 56.0 cm³/mol. The fraction of sp³-hybridized carbons (Fsp3) is 0.167. The van der Waals surface area contributed by atoms with Crippen molar-refractivity contribution < 1.29 is 4.79 Å². The van der Waals surface area contributed by atoms with Crippen LogP contribution in [0.1, 0.15) is 33.4 Å². The number of nitrogens with one attached hydrogen (secondary N) is 1. The predicted octanol–water partition coefficient (Wildman–Crippen LogP) is 1.91. The van der Waals surface area contributed by atoms with Gasteiger partial charge in [0.05, 0.1) is 11.9 Å². The summed E-state index contributed by atoms with van der Waals surface area (Å²) in [5.41, 5.74) is 3.25. The van der Waals surface area contributed by atoms with E-state index in [1.165, 1.54) is 11.1 Å². The second-order valence-electron chi connectivity index (χ2n) is 3.80. The molecule has 3 heteroatoms. The molecule has 1 unspecified atom stereocenters. The van der Waals surface area contributed by atoms with Gasteiger partial charge in [0, 0.05) is 5.92 Å². The second-order valence-corrected chi connectivity index (χ2v) is 3.80. The minimum atomic E-state index is 0.342. The van der Waals surface area contributed by atoms with E-state index in [0.29, 0.717) is 11.6 Å². The van der Waals surface area contributed by atoms with Crippen LogP contribution in [-0.4, -0.2) is 16.3 Å². The quantitative estimate of drug-likeness (QED) is 0.749. The lowest BCUT2D eigenvalue weighted by Crippen LogP contribution is -2.19. The van der Waals surface area contributed by atoms with Crippen LogP contribution in [-0.2, 0) is 6.42 Å². The first-order valence-corrected chi connectivity index (χ1v) is 4.96. The van der Waals surface area contributed by atoms with Crippen molar-refractivity contribution in [1.29, 1.82) is 0 Å². The van der Waals surface area contributed by atoms with Crippen molar-refractivity contribution in [2.75, 3.05) is 0 Å². The summed E-state index contributed by atoms with van der Waals surface area (Å²) in [4.78, 5) is 17.8. The standard InChI is InChI=1S/C12H10N2O/c15-7-9-6-13-12(14-9)11-5-8-3-1-2-4-10(8)11/h1-4,6-7,11H,5H2,(H,13,14). The van der Waals surface area contributed by atoms with Crippen molar-refractivity contribution in [3.8, 4) is 0 Å². The van der Waals surface area contributed by atoms with Gasteiger partial charge in [0.2, 0.25) is 0 Å². The molecule has 2 aromatic rings. The molecule has 1 N–H and O–H groups in total. The zero-order valence-electron chi connectivity index (χ0n) is 8.10. The Balaban J connectivity index is 1.96. The van der Waals surface area contributed by atoms with Gasteiger partial charge in [-0.2, -0.15) is 0 Å². The summed E-state index contributed by atoms with van der Waals surface area (Å²) in [7, 11) is 0. The van der Waals surface area contributed by atoms with Gasteiger partial charge in [-0.15, -0.1) is 0 Å². The van der Waals surface area contributed by atoms with E-state index in [9.17, 15) is 4.79 Å². The molecule has 0 amide bonds. The Morgan fingerprint density at radius 3 is 3.00 bits per heavy atom. The number of aldehydes is 1. The van der Waals surface area contributed by atoms with Gasteiger partial charge in [-0.25, -0.2) is 4.98 Å². The van der Waals surface area contributed by atoms with Crippen LogP contribution in [0.4, 0.5) is 0 Å². The van der Waals surface area contributed by atoms with Gasteiger partial charge in [0.1, 0.15) is 5.82 Å². The Hall–Kier alpha value is -1.90. The third-order valence-corrected chi connectivity index (χ3v) is 2.93. The first-order valence-electron chi connectivity index (χ1n) is 4.96. The van der Waals surface area contributed by atoms with E-state index in [-0.39, 0.29) is 0 Å². The molecule has 1 aromatic heterocycles. The highest BCUT2D eigenvalue weighted by molar-refractivity contribution is 5.71. The third-order valence-electron chi connectivity index (χ3n) is 2.93. The molecule has 0 spiro atoms. The number of imidazole rings is 1. The molecule has 1 aliphatic rings. The Morgan fingerprint density at radius 1 is 1.40 bits per heavy atom. The molecule has 0 bridgehead atoms. The summed E-state index contributed by atoms with van der Waals surface area (Å²) < 4.78 is 0. The lowest BCUT2D eigenvalue weighted by molar-refractivity contribution is 0.111. The van der Waals surface area contributed by atoms with E-state index in [1.807, 2.05) is 12.1 Å². The van der Waals surface area contributed by atoms with Gasteiger partial charge in [-0.1, -0.05) is 24.3 Å². The Labute approximate surface area is 87.2 Å². The number of fused-ring (bicyclic) bond motifs is 1. The minimum absolute atomic E-state index is 0.342. The number of aromatic amines is 1. The lowest BCUT2D eigenvalue weighted by atomic mass is 9.77. The van der Waals surface area contributed by atoms with Crippen molar-refractivity contribution in [2.24, 2.45) is 0 Å². The van der Waals surface area contributed by atoms with Crippen LogP contribution in [0, 0.1) is 0 Å². The molecule has 1 aliphatic carbocycles. The number of rotatable bonds is 2. The van der Waals surface area contributed by atoms with E-state index >= 15 is 0 Å². The van der Waals surface area contributed by atoms with Gasteiger partial charge in [-0.3, -0.25) is 4.79 Å². The maximum Gasteiger partial charge on any atom is 0.167 e. The van der Waals surface area contributed by atoms with Gasteiger partial charge < -0.3 is 4.98 Å². The number of benzene rings is 1. The molecule has 0 saturated heterocycles. The maximum absolute atomic E-state index is 10.5. The number of H-pyrrole nitrogens is 1. The molecule has 74 valence electrons. The van der Waals surface area contributed by atoms with Crippen LogP contribution in [0.3, 0.4) is 0 Å². The molecular formula is C12H10N2O. The highest BCUT2D eigenvalue weighted by atomic mass is 16.1. The fourth-order valence-corrected chi connectivity index (χ4v) is 2.09. The van der Waals surface area contributed by atoms with Gasteiger partial charge >= 0.3 is 0 Å². The molecule has 3 nitrogen and oxygen atoms in total. The summed E-state index contributed by atoms with van der Waals surface area (Å²) in [5.74, 6) is 1.24. The number of nitrogens with zero attached hydrogens (tertiary/aromatic N) is 1. The third kappa shape index (κ3) is 1.20. The second kappa shape index (κ2) is 3.05. The Bertz CT molecular complexity index is 516. The molecule has 0 saturated carbocycles. The molecule has 15 heavy (non-hydrogen) atoms. The average Bonchev–Trinajstić information content (AvgIpc) is 2.68. The maximum atomic E-state index is 10.5. The molecule has 0 fully saturated rings. The summed E-state index contributed by atoms with van der Waals surface area (Å²) in [6.45, 7) is 0. The SMILES string of the molecule is O=Cc1cnc(C2Cc3ccccc32)[nH]1. The first-order chi connectivity index (χ1) is 7.38. The minimum Gasteiger partial charge on any atom is -0.339 e.